The first-order valence-electron chi connectivity index (χ1n) is 25.6. The molecule has 0 spiro atoms. The van der Waals surface area contributed by atoms with Gasteiger partial charge in [0.05, 0.1) is 22.4 Å². The van der Waals surface area contributed by atoms with Gasteiger partial charge in [-0.15, -0.1) is 18.2 Å². The normalized spacial score (nSPS) is 12.1. The Morgan fingerprint density at radius 1 is 0.694 bits per heavy atom. The van der Waals surface area contributed by atoms with E-state index in [-0.39, 0.29) is 37.4 Å². The van der Waals surface area contributed by atoms with Crippen molar-refractivity contribution in [2.75, 3.05) is 0 Å². The van der Waals surface area contributed by atoms with Gasteiger partial charge in [0.15, 0.2) is 0 Å². The van der Waals surface area contributed by atoms with E-state index in [1.165, 1.54) is 55.4 Å². The number of furan rings is 1. The first-order chi connectivity index (χ1) is 33.8. The van der Waals surface area contributed by atoms with Crippen LogP contribution < -0.4 is 4.40 Å². The minimum atomic E-state index is -1.89. The number of pyridine rings is 2. The van der Waals surface area contributed by atoms with Gasteiger partial charge in [-0.1, -0.05) is 120 Å². The van der Waals surface area contributed by atoms with Crippen molar-refractivity contribution in [2.24, 2.45) is 11.3 Å². The van der Waals surface area contributed by atoms with Gasteiger partial charge in [0.1, 0.15) is 0 Å². The maximum absolute atomic E-state index is 6.70. The molecule has 72 heavy (non-hydrogen) atoms. The molecule has 0 fully saturated rings. The zero-order valence-electron chi connectivity index (χ0n) is 44.8. The van der Waals surface area contributed by atoms with E-state index in [0.29, 0.717) is 11.6 Å². The van der Waals surface area contributed by atoms with Crippen LogP contribution in [0.1, 0.15) is 108 Å². The van der Waals surface area contributed by atoms with Gasteiger partial charge in [-0.05, 0) is 81.6 Å². The van der Waals surface area contributed by atoms with E-state index in [1.54, 1.807) is 4.40 Å². The Hall–Kier alpha value is -5.66. The van der Waals surface area contributed by atoms with E-state index >= 15 is 0 Å². The predicted octanol–water partition coefficient (Wildman–Crippen LogP) is 17.3. The van der Waals surface area contributed by atoms with Crippen LogP contribution >= 0.6 is 0 Å². The molecule has 0 bridgehead atoms. The molecule has 0 aliphatic carbocycles. The minimum Gasteiger partial charge on any atom is 0 e. The van der Waals surface area contributed by atoms with Gasteiger partial charge < -0.3 is 8.98 Å². The van der Waals surface area contributed by atoms with Gasteiger partial charge in [-0.3, -0.25) is 4.98 Å². The summed E-state index contributed by atoms with van der Waals surface area (Å²) in [5.74, 6) is 9.35. The van der Waals surface area contributed by atoms with Gasteiger partial charge >= 0.3 is 138 Å². The number of imidazole rings is 1. The van der Waals surface area contributed by atoms with Crippen LogP contribution in [-0.2, 0) is 32.9 Å². The third-order valence-electron chi connectivity index (χ3n) is 13.5. The van der Waals surface area contributed by atoms with Crippen molar-refractivity contribution < 1.29 is 24.5 Å². The number of rotatable bonds is 10. The first-order valence-corrected chi connectivity index (χ1v) is 33.0. The summed E-state index contributed by atoms with van der Waals surface area (Å²) >= 11 is -1.89. The smallest absolute Gasteiger partial charge is 0 e. The van der Waals surface area contributed by atoms with Crippen LogP contribution in [0.25, 0.3) is 83.3 Å². The van der Waals surface area contributed by atoms with Crippen molar-refractivity contribution in [2.45, 2.75) is 118 Å². The van der Waals surface area contributed by atoms with Crippen molar-refractivity contribution in [1.29, 1.82) is 0 Å². The Morgan fingerprint density at radius 2 is 1.39 bits per heavy atom. The maximum atomic E-state index is 6.70. The monoisotopic (exact) mass is 1190 g/mol. The van der Waals surface area contributed by atoms with Crippen molar-refractivity contribution in [3.05, 3.63) is 173 Å². The number of fused-ring (bicyclic) bond motifs is 6. The second kappa shape index (κ2) is 21.1. The zero-order chi connectivity index (χ0) is 50.5. The molecule has 0 atom stereocenters. The Morgan fingerprint density at radius 3 is 2.04 bits per heavy atom. The van der Waals surface area contributed by atoms with E-state index in [2.05, 4.69) is 232 Å². The summed E-state index contributed by atoms with van der Waals surface area (Å²) < 4.78 is 10.7. The standard InChI is InChI=1S/C45H42N3O.C20H28GeN.Ir/c1-27(2)37-24-31(29-14-9-8-10-15-29)25-38(28(3)4)40(37)48-41-33-17-12-11-16-30(33)20-23-39(41)47-43(48)36-19-13-18-34-35-22-21-32(26-45(5,6)7)46-44(35)49-42(34)36;1-14(2)10-17-12-20(22-13-19(17)21(5,6)7)18-9-8-15(3)11-16(18)4;/h8-18,20-25,27-28H,26H2,1-7H3;8,11-14H,10H2,1-7H3;/q2*-1;. The summed E-state index contributed by atoms with van der Waals surface area (Å²) in [5.41, 5.74) is 17.9. The van der Waals surface area contributed by atoms with Crippen LogP contribution in [0, 0.1) is 37.3 Å². The van der Waals surface area contributed by atoms with E-state index in [1.807, 2.05) is 6.07 Å². The Kier molecular flexibility index (Phi) is 15.4. The molecule has 4 heterocycles. The van der Waals surface area contributed by atoms with Crippen LogP contribution in [0.2, 0.25) is 17.3 Å². The van der Waals surface area contributed by atoms with Crippen LogP contribution in [0.15, 0.2) is 132 Å². The molecule has 4 aromatic heterocycles. The largest absolute Gasteiger partial charge is 0 e. The van der Waals surface area contributed by atoms with E-state index in [0.717, 1.165) is 68.6 Å². The van der Waals surface area contributed by atoms with E-state index in [4.69, 9.17) is 19.4 Å². The molecular formula is C65H70GeIrN4O-2. The molecule has 0 unspecified atom stereocenters. The van der Waals surface area contributed by atoms with Crippen molar-refractivity contribution in [1.82, 2.24) is 19.5 Å². The second-order valence-electron chi connectivity index (χ2n) is 23.0. The molecule has 371 valence electrons. The first kappa shape index (κ1) is 52.7. The molecule has 0 amide bonds. The Balaban J connectivity index is 0.000000254. The number of hydrogen-bond donors (Lipinski definition) is 0. The molecule has 0 saturated heterocycles. The molecule has 6 aromatic carbocycles. The van der Waals surface area contributed by atoms with Crippen LogP contribution in [0.5, 0.6) is 0 Å². The van der Waals surface area contributed by atoms with Gasteiger partial charge in [0.25, 0.3) is 0 Å². The van der Waals surface area contributed by atoms with Gasteiger partial charge in [0.2, 0.25) is 5.71 Å². The Labute approximate surface area is 444 Å². The summed E-state index contributed by atoms with van der Waals surface area (Å²) in [4.78, 5) is 15.2. The molecule has 10 aromatic rings. The number of hydrogen-bond acceptors (Lipinski definition) is 4. The molecule has 0 saturated carbocycles. The summed E-state index contributed by atoms with van der Waals surface area (Å²) in [6.45, 7) is 24.7. The summed E-state index contributed by atoms with van der Waals surface area (Å²) in [6, 6.07) is 50.4. The number of nitrogens with zero attached hydrogens (tertiary/aromatic N) is 4. The van der Waals surface area contributed by atoms with Crippen molar-refractivity contribution in [3.63, 3.8) is 0 Å². The van der Waals surface area contributed by atoms with E-state index < -0.39 is 13.3 Å². The molecule has 10 rings (SSSR count). The van der Waals surface area contributed by atoms with Crippen molar-refractivity contribution >= 4 is 61.5 Å². The molecule has 1 radical (unpaired) electrons. The minimum absolute atomic E-state index is 0. The topological polar surface area (TPSA) is 56.7 Å². The molecule has 0 N–H and O–H groups in total. The van der Waals surface area contributed by atoms with Crippen LogP contribution in [0.3, 0.4) is 0 Å². The number of aryl methyl sites for hydroxylation is 2. The average molecular weight is 1190 g/mol. The maximum Gasteiger partial charge on any atom is 0 e. The average Bonchev–Trinajstić information content (AvgIpc) is 3.89. The SMILES string of the molecule is CC(C)c1cc(-c2ccccc2)cc(C(C)C)c1-n1c(-c2[c-]ccc3c2oc2nc(CC(C)(C)C)ccc23)nc2ccc3ccccc3c21.Cc1c[c-]c(-c2cc(CC(C)C)[c]([Ge]([CH3])([CH3])[CH3])cn2)c(C)c1.[Ir]. The third kappa shape index (κ3) is 10.8. The zero-order valence-corrected chi connectivity index (χ0v) is 49.3. The van der Waals surface area contributed by atoms with Crippen molar-refractivity contribution in [3.8, 4) is 39.5 Å². The second-order valence-corrected chi connectivity index (χ2v) is 33.6. The fourth-order valence-electron chi connectivity index (χ4n) is 10.3. The fraction of sp³-hybridized carbons (Fsp3) is 0.308. The number of aromatic nitrogens is 4. The molecule has 0 aliphatic rings. The van der Waals surface area contributed by atoms with E-state index in [9.17, 15) is 0 Å². The summed E-state index contributed by atoms with van der Waals surface area (Å²) in [7, 11) is 0. The summed E-state index contributed by atoms with van der Waals surface area (Å²) in [6.07, 6.45) is 4.16. The quantitative estimate of drug-likeness (QED) is 0.101. The fourth-order valence-corrected chi connectivity index (χ4v) is 13.6. The van der Waals surface area contributed by atoms with Gasteiger partial charge in [-0.2, -0.15) is 0 Å². The molecule has 0 aliphatic heterocycles. The molecule has 7 heteroatoms. The van der Waals surface area contributed by atoms with Gasteiger partial charge in [-0.25, -0.2) is 4.98 Å². The van der Waals surface area contributed by atoms with Crippen LogP contribution in [-0.4, -0.2) is 32.8 Å². The third-order valence-corrected chi connectivity index (χ3v) is 17.9. The van der Waals surface area contributed by atoms with Crippen LogP contribution in [0.4, 0.5) is 0 Å². The van der Waals surface area contributed by atoms with Gasteiger partial charge in [0, 0.05) is 42.3 Å². The molecule has 5 nitrogen and oxygen atoms in total. The summed E-state index contributed by atoms with van der Waals surface area (Å²) in [5, 5.41) is 4.38. The Bertz CT molecular complexity index is 3540. The number of benzene rings is 6. The molecular weight excluding hydrogens is 1120 g/mol. The predicted molar refractivity (Wildman–Crippen MR) is 304 cm³/mol.